The highest BCUT2D eigenvalue weighted by Crippen LogP contribution is 2.19. The van der Waals surface area contributed by atoms with E-state index in [1.807, 2.05) is 30.1 Å². The summed E-state index contributed by atoms with van der Waals surface area (Å²) in [6, 6.07) is 12.7. The third-order valence-electron chi connectivity index (χ3n) is 3.78. The molecule has 1 aromatic carbocycles. The quantitative estimate of drug-likeness (QED) is 0.781. The second-order valence-electron chi connectivity index (χ2n) is 5.18. The largest absolute Gasteiger partial charge is 0.311 e. The molecule has 0 aliphatic carbocycles. The smallest absolute Gasteiger partial charge is 0.0706 e. The van der Waals surface area contributed by atoms with E-state index in [2.05, 4.69) is 47.8 Å². The zero-order chi connectivity index (χ0) is 14.7. The van der Waals surface area contributed by atoms with E-state index in [4.69, 9.17) is 4.98 Å². The van der Waals surface area contributed by atoms with Crippen molar-refractivity contribution in [2.24, 2.45) is 0 Å². The van der Waals surface area contributed by atoms with Crippen LogP contribution in [0.25, 0.3) is 10.9 Å². The number of nitrogens with zero attached hydrogens (tertiary/aromatic N) is 3. The molecular formula is C17H20N4. The SMILES string of the molecule is CCn1cc(CC(NC)c2ccc3ccccc3n2)cn1. The Hall–Kier alpha value is -2.20. The van der Waals surface area contributed by atoms with E-state index in [9.17, 15) is 0 Å². The maximum Gasteiger partial charge on any atom is 0.0706 e. The van der Waals surface area contributed by atoms with E-state index >= 15 is 0 Å². The number of benzene rings is 1. The van der Waals surface area contributed by atoms with Crippen molar-refractivity contribution in [3.63, 3.8) is 0 Å². The molecule has 21 heavy (non-hydrogen) atoms. The first-order chi connectivity index (χ1) is 10.3. The van der Waals surface area contributed by atoms with Gasteiger partial charge in [0.15, 0.2) is 0 Å². The number of fused-ring (bicyclic) bond motifs is 1. The van der Waals surface area contributed by atoms with Gasteiger partial charge in [0.1, 0.15) is 0 Å². The van der Waals surface area contributed by atoms with Gasteiger partial charge in [-0.1, -0.05) is 24.3 Å². The van der Waals surface area contributed by atoms with Crippen molar-refractivity contribution in [2.75, 3.05) is 7.05 Å². The van der Waals surface area contributed by atoms with Gasteiger partial charge in [-0.15, -0.1) is 0 Å². The van der Waals surface area contributed by atoms with Crippen LogP contribution in [0.2, 0.25) is 0 Å². The molecule has 0 radical (unpaired) electrons. The molecule has 108 valence electrons. The van der Waals surface area contributed by atoms with Gasteiger partial charge in [-0.2, -0.15) is 5.10 Å². The second-order valence-corrected chi connectivity index (χ2v) is 5.18. The maximum absolute atomic E-state index is 4.78. The highest BCUT2D eigenvalue weighted by atomic mass is 15.3. The summed E-state index contributed by atoms with van der Waals surface area (Å²) in [6.45, 7) is 3.00. The van der Waals surface area contributed by atoms with E-state index in [0.717, 1.165) is 24.2 Å². The molecule has 1 N–H and O–H groups in total. The number of aryl methyl sites for hydroxylation is 1. The number of para-hydroxylation sites is 1. The van der Waals surface area contributed by atoms with E-state index in [1.54, 1.807) is 0 Å². The van der Waals surface area contributed by atoms with Crippen LogP contribution in [-0.4, -0.2) is 21.8 Å². The Balaban J connectivity index is 1.86. The Kier molecular flexibility index (Phi) is 3.97. The standard InChI is InChI=1S/C17H20N4/c1-3-21-12-13(11-19-21)10-17(18-2)16-9-8-14-6-4-5-7-15(14)20-16/h4-9,11-12,17-18H,3,10H2,1-2H3. The van der Waals surface area contributed by atoms with Gasteiger partial charge in [0, 0.05) is 18.1 Å². The molecule has 2 heterocycles. The maximum atomic E-state index is 4.78. The summed E-state index contributed by atoms with van der Waals surface area (Å²) in [6.07, 6.45) is 4.93. The van der Waals surface area contributed by atoms with Crippen LogP contribution in [0, 0.1) is 0 Å². The Morgan fingerprint density at radius 2 is 2.05 bits per heavy atom. The van der Waals surface area contributed by atoms with E-state index in [1.165, 1.54) is 10.9 Å². The lowest BCUT2D eigenvalue weighted by atomic mass is 10.0. The summed E-state index contributed by atoms with van der Waals surface area (Å²) in [5.41, 5.74) is 3.34. The van der Waals surface area contributed by atoms with Crippen molar-refractivity contribution in [3.8, 4) is 0 Å². The van der Waals surface area contributed by atoms with Gasteiger partial charge >= 0.3 is 0 Å². The average Bonchev–Trinajstić information content (AvgIpc) is 3.00. The van der Waals surface area contributed by atoms with Gasteiger partial charge in [-0.25, -0.2) is 0 Å². The minimum atomic E-state index is 0.198. The van der Waals surface area contributed by atoms with Gasteiger partial charge in [-0.3, -0.25) is 9.67 Å². The zero-order valence-electron chi connectivity index (χ0n) is 12.5. The second kappa shape index (κ2) is 6.06. The number of pyridine rings is 1. The molecule has 4 heteroatoms. The van der Waals surface area contributed by atoms with Crippen molar-refractivity contribution in [1.82, 2.24) is 20.1 Å². The summed E-state index contributed by atoms with van der Waals surface area (Å²) >= 11 is 0. The van der Waals surface area contributed by atoms with Gasteiger partial charge in [-0.05, 0) is 38.1 Å². The number of likely N-dealkylation sites (N-methyl/N-ethyl adjacent to an activating group) is 1. The number of hydrogen-bond acceptors (Lipinski definition) is 3. The summed E-state index contributed by atoms with van der Waals surface area (Å²) in [4.78, 5) is 4.78. The van der Waals surface area contributed by atoms with Crippen molar-refractivity contribution >= 4 is 10.9 Å². The molecule has 2 aromatic heterocycles. The van der Waals surface area contributed by atoms with Crippen LogP contribution in [0.4, 0.5) is 0 Å². The van der Waals surface area contributed by atoms with Crippen LogP contribution in [0.1, 0.15) is 24.2 Å². The first-order valence-corrected chi connectivity index (χ1v) is 7.34. The molecule has 1 unspecified atom stereocenters. The predicted molar refractivity (Wildman–Crippen MR) is 85.1 cm³/mol. The molecular weight excluding hydrogens is 260 g/mol. The first-order valence-electron chi connectivity index (χ1n) is 7.34. The summed E-state index contributed by atoms with van der Waals surface area (Å²) < 4.78 is 1.95. The van der Waals surface area contributed by atoms with Crippen molar-refractivity contribution in [1.29, 1.82) is 0 Å². The van der Waals surface area contributed by atoms with Gasteiger partial charge < -0.3 is 5.32 Å². The summed E-state index contributed by atoms with van der Waals surface area (Å²) in [5, 5.41) is 8.87. The number of nitrogens with one attached hydrogen (secondary N) is 1. The zero-order valence-corrected chi connectivity index (χ0v) is 12.5. The molecule has 4 nitrogen and oxygen atoms in total. The fraction of sp³-hybridized carbons (Fsp3) is 0.294. The van der Waals surface area contributed by atoms with Crippen LogP contribution in [0.15, 0.2) is 48.8 Å². The third kappa shape index (κ3) is 2.95. The molecule has 0 saturated heterocycles. The molecule has 0 fully saturated rings. The minimum Gasteiger partial charge on any atom is -0.311 e. The highest BCUT2D eigenvalue weighted by molar-refractivity contribution is 5.78. The molecule has 3 aromatic rings. The normalized spacial score (nSPS) is 12.7. The highest BCUT2D eigenvalue weighted by Gasteiger charge is 2.13. The molecule has 0 aliphatic rings. The van der Waals surface area contributed by atoms with Crippen LogP contribution >= 0.6 is 0 Å². The fourth-order valence-electron chi connectivity index (χ4n) is 2.55. The topological polar surface area (TPSA) is 42.7 Å². The first kappa shape index (κ1) is 13.8. The van der Waals surface area contributed by atoms with Crippen LogP contribution < -0.4 is 5.32 Å². The van der Waals surface area contributed by atoms with Gasteiger partial charge in [0.05, 0.1) is 23.4 Å². The Morgan fingerprint density at radius 3 is 2.81 bits per heavy atom. The third-order valence-corrected chi connectivity index (χ3v) is 3.78. The number of rotatable bonds is 5. The fourth-order valence-corrected chi connectivity index (χ4v) is 2.55. The van der Waals surface area contributed by atoms with Crippen molar-refractivity contribution < 1.29 is 0 Å². The van der Waals surface area contributed by atoms with Crippen molar-refractivity contribution in [2.45, 2.75) is 25.9 Å². The molecule has 0 aliphatic heterocycles. The predicted octanol–water partition coefficient (Wildman–Crippen LogP) is 2.95. The monoisotopic (exact) mass is 280 g/mol. The molecule has 0 amide bonds. The Labute approximate surface area is 124 Å². The lowest BCUT2D eigenvalue weighted by molar-refractivity contribution is 0.577. The van der Waals surface area contributed by atoms with Crippen molar-refractivity contribution in [3.05, 3.63) is 60.0 Å². The summed E-state index contributed by atoms with van der Waals surface area (Å²) in [7, 11) is 1.98. The van der Waals surface area contributed by atoms with Gasteiger partial charge in [0.25, 0.3) is 0 Å². The van der Waals surface area contributed by atoms with E-state index in [0.29, 0.717) is 0 Å². The lowest BCUT2D eigenvalue weighted by Gasteiger charge is -2.15. The molecule has 0 spiro atoms. The lowest BCUT2D eigenvalue weighted by Crippen LogP contribution is -2.19. The van der Waals surface area contributed by atoms with E-state index in [-0.39, 0.29) is 6.04 Å². The average molecular weight is 280 g/mol. The molecule has 1 atom stereocenters. The van der Waals surface area contributed by atoms with Gasteiger partial charge in [0.2, 0.25) is 0 Å². The van der Waals surface area contributed by atoms with Crippen LogP contribution in [0.5, 0.6) is 0 Å². The molecule has 0 saturated carbocycles. The minimum absolute atomic E-state index is 0.198. The molecule has 0 bridgehead atoms. The van der Waals surface area contributed by atoms with E-state index < -0.39 is 0 Å². The van der Waals surface area contributed by atoms with Crippen LogP contribution in [0.3, 0.4) is 0 Å². The molecule has 3 rings (SSSR count). The van der Waals surface area contributed by atoms with Crippen LogP contribution in [-0.2, 0) is 13.0 Å². The summed E-state index contributed by atoms with van der Waals surface area (Å²) in [5.74, 6) is 0. The number of hydrogen-bond donors (Lipinski definition) is 1. The Morgan fingerprint density at radius 1 is 1.19 bits per heavy atom. The number of aromatic nitrogens is 3. The Bertz CT molecular complexity index is 732.